The van der Waals surface area contributed by atoms with Gasteiger partial charge in [0.25, 0.3) is 0 Å². The molecule has 0 fully saturated rings. The van der Waals surface area contributed by atoms with Crippen LogP contribution in [0.2, 0.25) is 0 Å². The van der Waals surface area contributed by atoms with E-state index in [-0.39, 0.29) is 0 Å². The van der Waals surface area contributed by atoms with Crippen molar-refractivity contribution in [2.24, 2.45) is 0 Å². The minimum absolute atomic E-state index is 0.612. The van der Waals surface area contributed by atoms with Gasteiger partial charge in [0.1, 0.15) is 28.0 Å². The Balaban J connectivity index is 1.03. The predicted molar refractivity (Wildman–Crippen MR) is 262 cm³/mol. The second kappa shape index (κ2) is 13.4. The molecule has 0 aliphatic rings. The molecular weight excluding hydrogens is 785 g/mol. The van der Waals surface area contributed by atoms with E-state index in [1.807, 2.05) is 24.3 Å². The second-order valence-corrected chi connectivity index (χ2v) is 16.5. The van der Waals surface area contributed by atoms with Crippen molar-refractivity contribution < 1.29 is 8.83 Å². The van der Waals surface area contributed by atoms with Crippen LogP contribution in [0.15, 0.2) is 215 Å². The van der Waals surface area contributed by atoms with Crippen molar-refractivity contribution in [1.29, 1.82) is 0 Å². The number of hydrogen-bond donors (Lipinski definition) is 0. The van der Waals surface area contributed by atoms with Crippen LogP contribution in [0.4, 0.5) is 0 Å². The molecule has 5 aromatic heterocycles. The molecule has 0 aliphatic heterocycles. The second-order valence-electron chi connectivity index (χ2n) is 16.5. The molecule has 0 aliphatic carbocycles. The molecule has 0 saturated carbocycles. The molecule has 6 heteroatoms. The number of rotatable bonds is 5. The molecule has 0 spiro atoms. The molecule has 14 rings (SSSR count). The van der Waals surface area contributed by atoms with Gasteiger partial charge in [-0.1, -0.05) is 140 Å². The summed E-state index contributed by atoms with van der Waals surface area (Å²) in [6.45, 7) is 0. The fourth-order valence-electron chi connectivity index (χ4n) is 10.1. The molecule has 0 atom stereocenters. The molecule has 0 radical (unpaired) electrons. The van der Waals surface area contributed by atoms with Crippen LogP contribution >= 0.6 is 0 Å². The third-order valence-corrected chi connectivity index (χ3v) is 12.9. The molecular formula is C58H34N4O2. The first-order valence-electron chi connectivity index (χ1n) is 21.6. The summed E-state index contributed by atoms with van der Waals surface area (Å²) in [4.78, 5) is 10.6. The van der Waals surface area contributed by atoms with Gasteiger partial charge >= 0.3 is 0 Å². The Morgan fingerprint density at radius 1 is 0.359 bits per heavy atom. The summed E-state index contributed by atoms with van der Waals surface area (Å²) in [6, 6.07) is 72.5. The number of hydrogen-bond acceptors (Lipinski definition) is 4. The fraction of sp³-hybridized carbons (Fsp3) is 0. The van der Waals surface area contributed by atoms with Gasteiger partial charge in [0.05, 0.1) is 33.1 Å². The third kappa shape index (κ3) is 5.02. The maximum absolute atomic E-state index is 6.72. The van der Waals surface area contributed by atoms with E-state index in [4.69, 9.17) is 18.8 Å². The lowest BCUT2D eigenvalue weighted by molar-refractivity contribution is 0.667. The lowest BCUT2D eigenvalue weighted by Gasteiger charge is -2.13. The summed E-state index contributed by atoms with van der Waals surface area (Å²) in [7, 11) is 0. The zero-order valence-corrected chi connectivity index (χ0v) is 34.2. The van der Waals surface area contributed by atoms with Gasteiger partial charge in [-0.3, -0.25) is 0 Å². The van der Waals surface area contributed by atoms with E-state index in [1.165, 1.54) is 27.1 Å². The van der Waals surface area contributed by atoms with E-state index in [0.29, 0.717) is 11.4 Å². The van der Waals surface area contributed by atoms with Crippen molar-refractivity contribution in [3.8, 4) is 45.1 Å². The maximum Gasteiger partial charge on any atom is 0.180 e. The van der Waals surface area contributed by atoms with Gasteiger partial charge in [-0.05, 0) is 77.9 Å². The van der Waals surface area contributed by atoms with Gasteiger partial charge < -0.3 is 18.0 Å². The van der Waals surface area contributed by atoms with E-state index >= 15 is 0 Å². The highest BCUT2D eigenvalue weighted by Crippen LogP contribution is 2.45. The molecule has 0 N–H and O–H groups in total. The lowest BCUT2D eigenvalue weighted by Crippen LogP contribution is -1.99. The first-order chi connectivity index (χ1) is 31.7. The average molecular weight is 819 g/mol. The number of fused-ring (bicyclic) bond motifs is 13. The van der Waals surface area contributed by atoms with Crippen LogP contribution in [-0.4, -0.2) is 19.1 Å². The molecule has 64 heavy (non-hydrogen) atoms. The first kappa shape index (κ1) is 34.9. The highest BCUT2D eigenvalue weighted by atomic mass is 16.3. The monoisotopic (exact) mass is 818 g/mol. The minimum Gasteiger partial charge on any atom is -0.456 e. The van der Waals surface area contributed by atoms with Crippen LogP contribution in [-0.2, 0) is 0 Å². The molecule has 0 unspecified atom stereocenters. The molecule has 0 saturated heterocycles. The van der Waals surface area contributed by atoms with Gasteiger partial charge in [0, 0.05) is 49.1 Å². The van der Waals surface area contributed by atoms with Gasteiger partial charge in [-0.15, -0.1) is 0 Å². The Hall–Kier alpha value is -8.74. The Labute approximate surface area is 365 Å². The van der Waals surface area contributed by atoms with Crippen LogP contribution in [0.5, 0.6) is 0 Å². The quantitative estimate of drug-likeness (QED) is 0.174. The fourth-order valence-corrected chi connectivity index (χ4v) is 10.1. The Morgan fingerprint density at radius 3 is 1.70 bits per heavy atom. The minimum atomic E-state index is 0.612. The van der Waals surface area contributed by atoms with E-state index in [1.54, 1.807) is 0 Å². The van der Waals surface area contributed by atoms with E-state index in [2.05, 4.69) is 191 Å². The van der Waals surface area contributed by atoms with Gasteiger partial charge in [-0.25, -0.2) is 9.97 Å². The number of benzene rings is 9. The summed E-state index contributed by atoms with van der Waals surface area (Å²) in [6.07, 6.45) is 0. The van der Waals surface area contributed by atoms with E-state index in [9.17, 15) is 0 Å². The van der Waals surface area contributed by atoms with Crippen LogP contribution in [0.1, 0.15) is 0 Å². The summed E-state index contributed by atoms with van der Waals surface area (Å²) in [5.74, 6) is 0.612. The number of aromatic nitrogens is 4. The highest BCUT2D eigenvalue weighted by molar-refractivity contribution is 6.25. The summed E-state index contributed by atoms with van der Waals surface area (Å²) in [5.41, 5.74) is 15.4. The van der Waals surface area contributed by atoms with Crippen molar-refractivity contribution in [2.75, 3.05) is 0 Å². The topological polar surface area (TPSA) is 61.9 Å². The van der Waals surface area contributed by atoms with Gasteiger partial charge in [0.15, 0.2) is 11.4 Å². The lowest BCUT2D eigenvalue weighted by atomic mass is 10.0. The zero-order valence-electron chi connectivity index (χ0n) is 34.2. The third-order valence-electron chi connectivity index (χ3n) is 12.9. The molecule has 9 aromatic carbocycles. The predicted octanol–water partition coefficient (Wildman–Crippen LogP) is 15.5. The smallest absolute Gasteiger partial charge is 0.180 e. The molecule has 5 heterocycles. The Bertz CT molecular complexity index is 4180. The molecule has 14 aromatic rings. The first-order valence-corrected chi connectivity index (χ1v) is 21.6. The zero-order chi connectivity index (χ0) is 41.9. The Morgan fingerprint density at radius 2 is 0.938 bits per heavy atom. The van der Waals surface area contributed by atoms with Crippen LogP contribution in [0.25, 0.3) is 133 Å². The summed E-state index contributed by atoms with van der Waals surface area (Å²) in [5, 5.41) is 7.75. The highest BCUT2D eigenvalue weighted by Gasteiger charge is 2.24. The molecule has 0 amide bonds. The van der Waals surface area contributed by atoms with Crippen LogP contribution < -0.4 is 0 Å². The van der Waals surface area contributed by atoms with Crippen molar-refractivity contribution in [1.82, 2.24) is 19.1 Å². The van der Waals surface area contributed by atoms with Crippen molar-refractivity contribution in [2.45, 2.75) is 0 Å². The van der Waals surface area contributed by atoms with Crippen LogP contribution in [0.3, 0.4) is 0 Å². The summed E-state index contributed by atoms with van der Waals surface area (Å²) < 4.78 is 18.1. The van der Waals surface area contributed by atoms with Gasteiger partial charge in [-0.2, -0.15) is 0 Å². The molecule has 298 valence electrons. The number of furan rings is 2. The number of nitrogens with zero attached hydrogens (tertiary/aromatic N) is 4. The molecule has 0 bridgehead atoms. The van der Waals surface area contributed by atoms with Crippen LogP contribution in [0, 0.1) is 0 Å². The summed E-state index contributed by atoms with van der Waals surface area (Å²) >= 11 is 0. The SMILES string of the molecule is c1ccc(-c2ccc(-c3nc(-c4ccc5oc6cccc(-n7c8ccccc8c8ccc9c%10ccccc%10n(-c%10ccccc%10)c9c87)c6c5c4)nc4c3oc3ccccc34)cc2)cc1. The maximum atomic E-state index is 6.72. The van der Waals surface area contributed by atoms with Gasteiger partial charge in [0.2, 0.25) is 0 Å². The largest absolute Gasteiger partial charge is 0.456 e. The molecule has 6 nitrogen and oxygen atoms in total. The normalized spacial score (nSPS) is 12.1. The van der Waals surface area contributed by atoms with E-state index in [0.717, 1.165) is 94.3 Å². The van der Waals surface area contributed by atoms with Crippen molar-refractivity contribution in [3.63, 3.8) is 0 Å². The average Bonchev–Trinajstić information content (AvgIpc) is 4.12. The standard InChI is InChI=1S/C58H34N4O2/c1-3-14-35(15-4-1)36-26-28-37(29-27-36)53-57-54(44-20-9-12-24-49(44)64-57)60-58(59-53)38-30-33-50-45(34-38)52-48(23-13-25-51(52)63-50)62-47-22-11-8-19-41(47)43-32-31-42-40-18-7-10-21-46(40)61(55(42)56(43)62)39-16-5-2-6-17-39/h1-34H. The van der Waals surface area contributed by atoms with Crippen molar-refractivity contribution in [3.05, 3.63) is 206 Å². The van der Waals surface area contributed by atoms with E-state index < -0.39 is 0 Å². The van der Waals surface area contributed by atoms with Crippen molar-refractivity contribution >= 4 is 87.6 Å². The Kier molecular flexibility index (Phi) is 7.30. The number of para-hydroxylation sites is 4.